The van der Waals surface area contributed by atoms with Crippen LogP contribution < -0.4 is 9.47 Å². The Labute approximate surface area is 87.8 Å². The van der Waals surface area contributed by atoms with Crippen LogP contribution in [-0.2, 0) is 4.79 Å². The van der Waals surface area contributed by atoms with E-state index in [0.717, 1.165) is 0 Å². The maximum absolute atomic E-state index is 11.4. The first-order chi connectivity index (χ1) is 7.22. The van der Waals surface area contributed by atoms with Crippen molar-refractivity contribution in [2.45, 2.75) is 6.42 Å². The minimum Gasteiger partial charge on any atom is -0.493 e. The summed E-state index contributed by atoms with van der Waals surface area (Å²) >= 11 is 0. The van der Waals surface area contributed by atoms with Crippen molar-refractivity contribution in [2.75, 3.05) is 14.2 Å². The van der Waals surface area contributed by atoms with Crippen molar-refractivity contribution in [2.24, 2.45) is 0 Å². The second kappa shape index (κ2) is 5.14. The molecule has 0 aromatic heterocycles. The van der Waals surface area contributed by atoms with Gasteiger partial charge in [-0.3, -0.25) is 4.79 Å². The molecule has 1 aromatic rings. The fraction of sp³-hybridized carbons (Fsp3) is 0.273. The highest BCUT2D eigenvalue weighted by Crippen LogP contribution is 2.27. The number of methoxy groups -OCH3 is 2. The second-order valence-electron chi connectivity index (χ2n) is 2.86. The van der Waals surface area contributed by atoms with Crippen LogP contribution in [0.5, 0.6) is 11.5 Å². The molecule has 0 atom stereocenters. The van der Waals surface area contributed by atoms with Crippen LogP contribution in [0.4, 0.5) is 0 Å². The molecule has 80 valence electrons. The van der Waals surface area contributed by atoms with Gasteiger partial charge in [0.15, 0.2) is 17.3 Å². The Kier molecular flexibility index (Phi) is 3.85. The molecule has 0 saturated heterocycles. The summed E-state index contributed by atoms with van der Waals surface area (Å²) in [5, 5.41) is 0. The molecule has 15 heavy (non-hydrogen) atoms. The van der Waals surface area contributed by atoms with Crippen LogP contribution in [0.2, 0.25) is 0 Å². The molecule has 0 radical (unpaired) electrons. The van der Waals surface area contributed by atoms with Gasteiger partial charge in [0, 0.05) is 5.56 Å². The van der Waals surface area contributed by atoms with E-state index in [0.29, 0.717) is 23.3 Å². The first-order valence-corrected chi connectivity index (χ1v) is 4.41. The molecule has 0 aliphatic carbocycles. The number of Topliss-reactive ketones (excluding diaryl/α,β-unsaturated/α-hetero) is 1. The Morgan fingerprint density at radius 2 is 1.93 bits per heavy atom. The lowest BCUT2D eigenvalue weighted by Gasteiger charge is -2.08. The van der Waals surface area contributed by atoms with Crippen LogP contribution in [-0.4, -0.2) is 26.3 Å². The molecule has 1 aromatic carbocycles. The van der Waals surface area contributed by atoms with Gasteiger partial charge in [-0.05, 0) is 18.2 Å². The van der Waals surface area contributed by atoms with E-state index in [4.69, 9.17) is 9.47 Å². The zero-order chi connectivity index (χ0) is 11.3. The van der Waals surface area contributed by atoms with Crippen molar-refractivity contribution in [1.29, 1.82) is 0 Å². The molecule has 0 saturated carbocycles. The summed E-state index contributed by atoms with van der Waals surface area (Å²) in [5.74, 6) is 0.806. The Morgan fingerprint density at radius 3 is 2.47 bits per heavy atom. The number of hydrogen-bond acceptors (Lipinski definition) is 4. The highest BCUT2D eigenvalue weighted by molar-refractivity contribution is 6.03. The predicted molar refractivity (Wildman–Crippen MR) is 54.6 cm³/mol. The highest BCUT2D eigenvalue weighted by atomic mass is 16.5. The van der Waals surface area contributed by atoms with Crippen molar-refractivity contribution in [1.82, 2.24) is 0 Å². The largest absolute Gasteiger partial charge is 0.493 e. The third-order valence-corrected chi connectivity index (χ3v) is 1.97. The summed E-state index contributed by atoms with van der Waals surface area (Å²) in [7, 11) is 3.01. The lowest BCUT2D eigenvalue weighted by atomic mass is 10.1. The summed E-state index contributed by atoms with van der Waals surface area (Å²) in [6, 6.07) is 4.80. The zero-order valence-corrected chi connectivity index (χ0v) is 8.65. The molecule has 0 unspecified atom stereocenters. The monoisotopic (exact) mass is 208 g/mol. The van der Waals surface area contributed by atoms with E-state index in [-0.39, 0.29) is 12.2 Å². The molecule has 1 rings (SSSR count). The van der Waals surface area contributed by atoms with Crippen molar-refractivity contribution in [3.63, 3.8) is 0 Å². The van der Waals surface area contributed by atoms with Gasteiger partial charge in [-0.2, -0.15) is 0 Å². The number of benzene rings is 1. The molecule has 0 N–H and O–H groups in total. The molecular weight excluding hydrogens is 196 g/mol. The molecule has 0 bridgehead atoms. The van der Waals surface area contributed by atoms with E-state index in [1.54, 1.807) is 18.2 Å². The third-order valence-electron chi connectivity index (χ3n) is 1.97. The summed E-state index contributed by atoms with van der Waals surface area (Å²) in [6.07, 6.45) is 0.467. The Bertz CT molecular complexity index is 371. The number of rotatable bonds is 5. The quantitative estimate of drug-likeness (QED) is 0.418. The lowest BCUT2D eigenvalue weighted by molar-refractivity contribution is -0.107. The predicted octanol–water partition coefficient (Wildman–Crippen LogP) is 1.48. The van der Waals surface area contributed by atoms with Crippen LogP contribution >= 0.6 is 0 Å². The van der Waals surface area contributed by atoms with Gasteiger partial charge in [0.1, 0.15) is 6.29 Å². The summed E-state index contributed by atoms with van der Waals surface area (Å²) in [5.41, 5.74) is 0.444. The molecule has 4 heteroatoms. The Morgan fingerprint density at radius 1 is 1.27 bits per heavy atom. The molecule has 0 fully saturated rings. The molecule has 0 amide bonds. The fourth-order valence-electron chi connectivity index (χ4n) is 1.20. The second-order valence-corrected chi connectivity index (χ2v) is 2.86. The van der Waals surface area contributed by atoms with E-state index in [2.05, 4.69) is 0 Å². The lowest BCUT2D eigenvalue weighted by Crippen LogP contribution is -2.00. The number of carbonyl (C=O) groups is 2. The summed E-state index contributed by atoms with van der Waals surface area (Å²) in [6.45, 7) is 0. The van der Waals surface area contributed by atoms with E-state index in [9.17, 15) is 9.59 Å². The molecular formula is C11H12O4. The minimum atomic E-state index is -0.231. The van der Waals surface area contributed by atoms with Crippen molar-refractivity contribution in [3.05, 3.63) is 23.8 Å². The highest BCUT2D eigenvalue weighted by Gasteiger charge is 2.09. The number of ketones is 1. The standard InChI is InChI=1S/C11H12O4/c1-14-10-4-3-8(7-11(10)15-2)9(13)5-6-12/h3-4,6-7H,5H2,1-2H3. The van der Waals surface area contributed by atoms with Gasteiger partial charge in [-0.25, -0.2) is 0 Å². The van der Waals surface area contributed by atoms with Crippen LogP contribution in [0.3, 0.4) is 0 Å². The Hall–Kier alpha value is -1.84. The van der Waals surface area contributed by atoms with E-state index < -0.39 is 0 Å². The fourth-order valence-corrected chi connectivity index (χ4v) is 1.20. The van der Waals surface area contributed by atoms with Gasteiger partial charge in [-0.1, -0.05) is 0 Å². The van der Waals surface area contributed by atoms with Gasteiger partial charge >= 0.3 is 0 Å². The van der Waals surface area contributed by atoms with Crippen LogP contribution in [0.15, 0.2) is 18.2 Å². The van der Waals surface area contributed by atoms with Crippen molar-refractivity contribution >= 4 is 12.1 Å². The number of aldehydes is 1. The third kappa shape index (κ3) is 2.56. The van der Waals surface area contributed by atoms with Crippen molar-refractivity contribution in [3.8, 4) is 11.5 Å². The molecule has 0 aliphatic rings. The van der Waals surface area contributed by atoms with Gasteiger partial charge < -0.3 is 14.3 Å². The first kappa shape index (κ1) is 11.2. The number of hydrogen-bond donors (Lipinski definition) is 0. The average Bonchev–Trinajstić information content (AvgIpc) is 2.28. The molecule has 4 nitrogen and oxygen atoms in total. The SMILES string of the molecule is COc1ccc(C(=O)CC=O)cc1OC. The van der Waals surface area contributed by atoms with E-state index in [1.165, 1.54) is 14.2 Å². The van der Waals surface area contributed by atoms with Crippen LogP contribution in [0, 0.1) is 0 Å². The molecule has 0 spiro atoms. The van der Waals surface area contributed by atoms with E-state index >= 15 is 0 Å². The number of carbonyl (C=O) groups excluding carboxylic acids is 2. The van der Waals surface area contributed by atoms with Gasteiger partial charge in [0.2, 0.25) is 0 Å². The summed E-state index contributed by atoms with van der Waals surface area (Å²) in [4.78, 5) is 21.6. The summed E-state index contributed by atoms with van der Waals surface area (Å²) < 4.78 is 10.1. The minimum absolute atomic E-state index is 0.116. The smallest absolute Gasteiger partial charge is 0.170 e. The Balaban J connectivity index is 3.02. The van der Waals surface area contributed by atoms with Gasteiger partial charge in [-0.15, -0.1) is 0 Å². The van der Waals surface area contributed by atoms with Crippen molar-refractivity contribution < 1.29 is 19.1 Å². The topological polar surface area (TPSA) is 52.6 Å². The normalized spacial score (nSPS) is 9.47. The maximum atomic E-state index is 11.4. The van der Waals surface area contributed by atoms with Gasteiger partial charge in [0.25, 0.3) is 0 Å². The van der Waals surface area contributed by atoms with Crippen LogP contribution in [0.25, 0.3) is 0 Å². The maximum Gasteiger partial charge on any atom is 0.170 e. The molecule has 0 heterocycles. The van der Waals surface area contributed by atoms with Gasteiger partial charge in [0.05, 0.1) is 20.6 Å². The average molecular weight is 208 g/mol. The van der Waals surface area contributed by atoms with Crippen LogP contribution in [0.1, 0.15) is 16.8 Å². The molecule has 0 aliphatic heterocycles. The first-order valence-electron chi connectivity index (χ1n) is 4.41. The number of ether oxygens (including phenoxy) is 2. The zero-order valence-electron chi connectivity index (χ0n) is 8.65. The van der Waals surface area contributed by atoms with E-state index in [1.807, 2.05) is 0 Å².